The quantitative estimate of drug-likeness (QED) is 0.801. The maximum Gasteiger partial charge on any atom is 0.124 e. The number of nitrogens with zero attached hydrogens (tertiary/aromatic N) is 2. The molecule has 1 rings (SSSR count). The van der Waals surface area contributed by atoms with E-state index in [1.54, 1.807) is 7.11 Å². The molecule has 0 spiro atoms. The minimum atomic E-state index is 0.573. The summed E-state index contributed by atoms with van der Waals surface area (Å²) >= 11 is 0. The van der Waals surface area contributed by atoms with Gasteiger partial charge in [0.1, 0.15) is 5.75 Å². The molecule has 0 fully saturated rings. The van der Waals surface area contributed by atoms with Crippen molar-refractivity contribution in [3.8, 4) is 11.8 Å². The van der Waals surface area contributed by atoms with Crippen LogP contribution in [0.3, 0.4) is 0 Å². The highest BCUT2D eigenvalue weighted by molar-refractivity contribution is 5.48. The summed E-state index contributed by atoms with van der Waals surface area (Å²) in [7, 11) is 3.76. The molecule has 18 heavy (non-hydrogen) atoms. The Morgan fingerprint density at radius 2 is 1.94 bits per heavy atom. The molecule has 0 aliphatic carbocycles. The Morgan fingerprint density at radius 3 is 2.50 bits per heavy atom. The van der Waals surface area contributed by atoms with Crippen molar-refractivity contribution in [1.82, 2.24) is 4.90 Å². The van der Waals surface area contributed by atoms with Gasteiger partial charge in [0.05, 0.1) is 13.2 Å². The molecule has 0 bridgehead atoms. The summed E-state index contributed by atoms with van der Waals surface area (Å²) < 4.78 is 5.42. The molecule has 3 nitrogen and oxygen atoms in total. The van der Waals surface area contributed by atoms with Crippen LogP contribution in [0, 0.1) is 32.1 Å². The van der Waals surface area contributed by atoms with Gasteiger partial charge < -0.3 is 9.64 Å². The van der Waals surface area contributed by atoms with Crippen LogP contribution >= 0.6 is 0 Å². The Kier molecular flexibility index (Phi) is 5.18. The van der Waals surface area contributed by atoms with Crippen LogP contribution in [0.15, 0.2) is 6.07 Å². The lowest BCUT2D eigenvalue weighted by atomic mass is 9.98. The van der Waals surface area contributed by atoms with E-state index in [4.69, 9.17) is 10.00 Å². The van der Waals surface area contributed by atoms with E-state index >= 15 is 0 Å². The van der Waals surface area contributed by atoms with E-state index in [1.165, 1.54) is 22.3 Å². The molecule has 0 aromatic heterocycles. The van der Waals surface area contributed by atoms with Crippen molar-refractivity contribution in [1.29, 1.82) is 5.26 Å². The van der Waals surface area contributed by atoms with E-state index in [-0.39, 0.29) is 0 Å². The second-order valence-electron chi connectivity index (χ2n) is 4.78. The van der Waals surface area contributed by atoms with Gasteiger partial charge in [-0.1, -0.05) is 6.07 Å². The van der Waals surface area contributed by atoms with Gasteiger partial charge in [-0.25, -0.2) is 0 Å². The molecule has 3 heteroatoms. The average molecular weight is 246 g/mol. The van der Waals surface area contributed by atoms with Gasteiger partial charge in [0.25, 0.3) is 0 Å². The van der Waals surface area contributed by atoms with Gasteiger partial charge in [0, 0.05) is 19.5 Å². The molecule has 0 saturated carbocycles. The smallest absolute Gasteiger partial charge is 0.124 e. The van der Waals surface area contributed by atoms with E-state index in [2.05, 4.69) is 37.8 Å². The van der Waals surface area contributed by atoms with Crippen molar-refractivity contribution in [2.24, 2.45) is 0 Å². The number of methoxy groups -OCH3 is 1. The first-order valence-corrected chi connectivity index (χ1v) is 6.20. The van der Waals surface area contributed by atoms with Crippen LogP contribution in [-0.4, -0.2) is 25.6 Å². The zero-order valence-electron chi connectivity index (χ0n) is 12.0. The highest BCUT2D eigenvalue weighted by Crippen LogP contribution is 2.29. The van der Waals surface area contributed by atoms with Gasteiger partial charge in [-0.05, 0) is 50.1 Å². The molecular weight excluding hydrogens is 224 g/mol. The summed E-state index contributed by atoms with van der Waals surface area (Å²) in [6.07, 6.45) is 0.573. The van der Waals surface area contributed by atoms with Crippen molar-refractivity contribution in [2.45, 2.75) is 33.7 Å². The second kappa shape index (κ2) is 6.42. The Labute approximate surface area is 110 Å². The maximum atomic E-state index is 8.60. The van der Waals surface area contributed by atoms with E-state index in [0.717, 1.165) is 18.8 Å². The predicted octanol–water partition coefficient (Wildman–Crippen LogP) is 2.97. The number of ether oxygens (including phenoxy) is 1. The highest BCUT2D eigenvalue weighted by atomic mass is 16.5. The number of hydrogen-bond donors (Lipinski definition) is 0. The molecule has 0 amide bonds. The molecule has 1 aromatic carbocycles. The maximum absolute atomic E-state index is 8.60. The number of aryl methyl sites for hydroxylation is 1. The van der Waals surface area contributed by atoms with E-state index in [9.17, 15) is 0 Å². The summed E-state index contributed by atoms with van der Waals surface area (Å²) in [6.45, 7) is 7.98. The van der Waals surface area contributed by atoms with Crippen LogP contribution in [0.5, 0.6) is 5.75 Å². The number of nitriles is 1. The monoisotopic (exact) mass is 246 g/mol. The van der Waals surface area contributed by atoms with Gasteiger partial charge in [-0.2, -0.15) is 5.26 Å². The summed E-state index contributed by atoms with van der Waals surface area (Å²) in [5.41, 5.74) is 4.97. The molecule has 1 aromatic rings. The molecule has 0 heterocycles. The second-order valence-corrected chi connectivity index (χ2v) is 4.78. The van der Waals surface area contributed by atoms with Crippen LogP contribution in [-0.2, 0) is 6.54 Å². The van der Waals surface area contributed by atoms with Crippen LogP contribution in [0.25, 0.3) is 0 Å². The number of benzene rings is 1. The third kappa shape index (κ3) is 3.24. The van der Waals surface area contributed by atoms with Crippen LogP contribution in [0.1, 0.15) is 28.7 Å². The Balaban J connectivity index is 2.94. The summed E-state index contributed by atoms with van der Waals surface area (Å²) in [5, 5.41) is 8.60. The zero-order chi connectivity index (χ0) is 13.7. The fraction of sp³-hybridized carbons (Fsp3) is 0.533. The minimum absolute atomic E-state index is 0.573. The highest BCUT2D eigenvalue weighted by Gasteiger charge is 2.11. The van der Waals surface area contributed by atoms with Gasteiger partial charge in [0.2, 0.25) is 0 Å². The van der Waals surface area contributed by atoms with Gasteiger partial charge >= 0.3 is 0 Å². The standard InChI is InChI=1S/C15H22N2O/c1-11-9-14(10-17(4)8-6-7-16)12(2)13(3)15(11)18-5/h9H,6,8,10H2,1-5H3. The summed E-state index contributed by atoms with van der Waals surface area (Å²) in [4.78, 5) is 2.18. The van der Waals surface area contributed by atoms with Gasteiger partial charge in [0.15, 0.2) is 0 Å². The topological polar surface area (TPSA) is 36.3 Å². The van der Waals surface area contributed by atoms with Crippen molar-refractivity contribution < 1.29 is 4.74 Å². The third-order valence-electron chi connectivity index (χ3n) is 3.38. The lowest BCUT2D eigenvalue weighted by Crippen LogP contribution is -2.19. The molecule has 0 aliphatic rings. The SMILES string of the molecule is COc1c(C)cc(CN(C)CCC#N)c(C)c1C. The van der Waals surface area contributed by atoms with Crippen molar-refractivity contribution >= 4 is 0 Å². The van der Waals surface area contributed by atoms with Gasteiger partial charge in [-0.3, -0.25) is 0 Å². The lowest BCUT2D eigenvalue weighted by molar-refractivity contribution is 0.333. The van der Waals surface area contributed by atoms with E-state index in [1.807, 2.05) is 7.05 Å². The number of rotatable bonds is 5. The first kappa shape index (κ1) is 14.5. The van der Waals surface area contributed by atoms with Crippen molar-refractivity contribution in [2.75, 3.05) is 20.7 Å². The molecule has 98 valence electrons. The largest absolute Gasteiger partial charge is 0.496 e. The van der Waals surface area contributed by atoms with Gasteiger partial charge in [-0.15, -0.1) is 0 Å². The fourth-order valence-corrected chi connectivity index (χ4v) is 2.23. The Morgan fingerprint density at radius 1 is 1.28 bits per heavy atom. The number of hydrogen-bond acceptors (Lipinski definition) is 3. The van der Waals surface area contributed by atoms with Crippen molar-refractivity contribution in [3.05, 3.63) is 28.3 Å². The summed E-state index contributed by atoms with van der Waals surface area (Å²) in [6, 6.07) is 4.36. The normalized spacial score (nSPS) is 10.5. The zero-order valence-corrected chi connectivity index (χ0v) is 12.0. The predicted molar refractivity (Wildman–Crippen MR) is 73.8 cm³/mol. The Bertz CT molecular complexity index is 461. The molecule has 0 saturated heterocycles. The van der Waals surface area contributed by atoms with Crippen LogP contribution in [0.4, 0.5) is 0 Å². The average Bonchev–Trinajstić information content (AvgIpc) is 2.33. The van der Waals surface area contributed by atoms with Crippen LogP contribution in [0.2, 0.25) is 0 Å². The molecule has 0 atom stereocenters. The molecule has 0 radical (unpaired) electrons. The van der Waals surface area contributed by atoms with E-state index in [0.29, 0.717) is 6.42 Å². The third-order valence-corrected chi connectivity index (χ3v) is 3.38. The summed E-state index contributed by atoms with van der Waals surface area (Å²) in [5.74, 6) is 0.982. The minimum Gasteiger partial charge on any atom is -0.496 e. The molecular formula is C15H22N2O. The molecule has 0 N–H and O–H groups in total. The van der Waals surface area contributed by atoms with E-state index < -0.39 is 0 Å². The lowest BCUT2D eigenvalue weighted by Gasteiger charge is -2.20. The Hall–Kier alpha value is -1.53. The first-order chi connectivity index (χ1) is 8.51. The van der Waals surface area contributed by atoms with Crippen LogP contribution < -0.4 is 4.74 Å². The fourth-order valence-electron chi connectivity index (χ4n) is 2.23. The first-order valence-electron chi connectivity index (χ1n) is 6.20. The molecule has 0 aliphatic heterocycles. The molecule has 0 unspecified atom stereocenters. The van der Waals surface area contributed by atoms with Crippen molar-refractivity contribution in [3.63, 3.8) is 0 Å².